The van der Waals surface area contributed by atoms with Gasteiger partial charge in [0.1, 0.15) is 0 Å². The van der Waals surface area contributed by atoms with Crippen LogP contribution in [0.5, 0.6) is 0 Å². The van der Waals surface area contributed by atoms with E-state index in [2.05, 4.69) is 10.6 Å². The van der Waals surface area contributed by atoms with E-state index in [4.69, 9.17) is 5.73 Å². The lowest BCUT2D eigenvalue weighted by molar-refractivity contribution is -0.127. The van der Waals surface area contributed by atoms with Gasteiger partial charge in [0.05, 0.1) is 6.04 Å². The molecule has 0 radical (unpaired) electrons. The number of rotatable bonds is 8. The van der Waals surface area contributed by atoms with E-state index < -0.39 is 12.0 Å². The summed E-state index contributed by atoms with van der Waals surface area (Å²) < 4.78 is 0. The number of nitrogens with two attached hydrogens (primary N) is 1. The van der Waals surface area contributed by atoms with E-state index in [1.807, 2.05) is 45.2 Å². The van der Waals surface area contributed by atoms with E-state index in [1.54, 1.807) is 6.92 Å². The summed E-state index contributed by atoms with van der Waals surface area (Å²) in [6.45, 7) is 6.34. The molecule has 1 rings (SSSR count). The summed E-state index contributed by atoms with van der Waals surface area (Å²) in [7, 11) is 1.89. The molecule has 122 valence electrons. The van der Waals surface area contributed by atoms with Crippen molar-refractivity contribution < 1.29 is 9.59 Å². The van der Waals surface area contributed by atoms with Gasteiger partial charge in [-0.25, -0.2) is 0 Å². The molecule has 0 spiro atoms. The average Bonchev–Trinajstić information content (AvgIpc) is 2.48. The lowest BCUT2D eigenvalue weighted by Gasteiger charge is -2.17. The van der Waals surface area contributed by atoms with Gasteiger partial charge in [-0.2, -0.15) is 0 Å². The third-order valence-corrected chi connectivity index (χ3v) is 3.65. The standard InChI is InChI=1S/C17H27N3O2/c1-11(2)16(18)15(21)9-12(3)17(22)20-14-7-5-13(6-8-14)10-19-4/h5-8,11-12,16,19H,9-10,18H2,1-4H3,(H,20,22)/t12-,16?/m1/s1. The monoisotopic (exact) mass is 305 g/mol. The topological polar surface area (TPSA) is 84.2 Å². The molecule has 0 aliphatic rings. The molecule has 1 aromatic carbocycles. The summed E-state index contributed by atoms with van der Waals surface area (Å²) in [5.41, 5.74) is 7.70. The van der Waals surface area contributed by atoms with Crippen molar-refractivity contribution >= 4 is 17.4 Å². The zero-order valence-corrected chi connectivity index (χ0v) is 13.8. The van der Waals surface area contributed by atoms with Crippen LogP contribution >= 0.6 is 0 Å². The molecule has 22 heavy (non-hydrogen) atoms. The highest BCUT2D eigenvalue weighted by atomic mass is 16.2. The van der Waals surface area contributed by atoms with Gasteiger partial charge in [0, 0.05) is 24.6 Å². The van der Waals surface area contributed by atoms with Crippen molar-refractivity contribution in [2.45, 2.75) is 39.8 Å². The van der Waals surface area contributed by atoms with Gasteiger partial charge >= 0.3 is 0 Å². The van der Waals surface area contributed by atoms with E-state index in [0.29, 0.717) is 0 Å². The second kappa shape index (κ2) is 8.66. The fourth-order valence-corrected chi connectivity index (χ4v) is 2.08. The summed E-state index contributed by atoms with van der Waals surface area (Å²) in [5.74, 6) is -0.538. The van der Waals surface area contributed by atoms with Gasteiger partial charge in [-0.05, 0) is 30.7 Å². The Balaban J connectivity index is 2.55. The van der Waals surface area contributed by atoms with Crippen molar-refractivity contribution in [1.82, 2.24) is 5.32 Å². The van der Waals surface area contributed by atoms with E-state index >= 15 is 0 Å². The summed E-state index contributed by atoms with van der Waals surface area (Å²) >= 11 is 0. The van der Waals surface area contributed by atoms with Crippen LogP contribution in [0.3, 0.4) is 0 Å². The van der Waals surface area contributed by atoms with Crippen molar-refractivity contribution in [2.24, 2.45) is 17.6 Å². The minimum Gasteiger partial charge on any atom is -0.326 e. The van der Waals surface area contributed by atoms with Crippen LogP contribution in [0.4, 0.5) is 5.69 Å². The first kappa shape index (κ1) is 18.3. The van der Waals surface area contributed by atoms with Crippen LogP contribution in [0.1, 0.15) is 32.8 Å². The zero-order chi connectivity index (χ0) is 16.7. The van der Waals surface area contributed by atoms with Gasteiger partial charge in [-0.3, -0.25) is 9.59 Å². The van der Waals surface area contributed by atoms with Crippen LogP contribution in [-0.2, 0) is 16.1 Å². The number of hydrogen-bond donors (Lipinski definition) is 3. The van der Waals surface area contributed by atoms with Crippen molar-refractivity contribution in [3.8, 4) is 0 Å². The van der Waals surface area contributed by atoms with Crippen molar-refractivity contribution in [2.75, 3.05) is 12.4 Å². The third-order valence-electron chi connectivity index (χ3n) is 3.65. The van der Waals surface area contributed by atoms with E-state index in [-0.39, 0.29) is 24.0 Å². The molecule has 5 heteroatoms. The van der Waals surface area contributed by atoms with Gasteiger partial charge in [-0.1, -0.05) is 32.9 Å². The van der Waals surface area contributed by atoms with E-state index in [1.165, 1.54) is 0 Å². The first-order valence-electron chi connectivity index (χ1n) is 7.67. The Kier molecular flexibility index (Phi) is 7.21. The first-order valence-corrected chi connectivity index (χ1v) is 7.67. The molecule has 1 aromatic rings. The molecule has 1 amide bonds. The zero-order valence-electron chi connectivity index (χ0n) is 13.8. The molecule has 2 atom stereocenters. The lowest BCUT2D eigenvalue weighted by Crippen LogP contribution is -2.37. The predicted molar refractivity (Wildman–Crippen MR) is 89.4 cm³/mol. The summed E-state index contributed by atoms with van der Waals surface area (Å²) in [6, 6.07) is 7.13. The molecule has 0 saturated carbocycles. The molecular weight excluding hydrogens is 278 g/mol. The highest BCUT2D eigenvalue weighted by Gasteiger charge is 2.23. The number of carbonyl (C=O) groups excluding carboxylic acids is 2. The SMILES string of the molecule is CNCc1ccc(NC(=O)[C@H](C)CC(=O)C(N)C(C)C)cc1. The number of benzene rings is 1. The third kappa shape index (κ3) is 5.58. The molecule has 0 aliphatic heterocycles. The highest BCUT2D eigenvalue weighted by Crippen LogP contribution is 2.14. The van der Waals surface area contributed by atoms with Crippen molar-refractivity contribution in [1.29, 1.82) is 0 Å². The number of hydrogen-bond acceptors (Lipinski definition) is 4. The molecule has 0 heterocycles. The van der Waals surface area contributed by atoms with E-state index in [0.717, 1.165) is 17.8 Å². The maximum absolute atomic E-state index is 12.1. The number of Topliss-reactive ketones (excluding diaryl/α,β-unsaturated/α-hetero) is 1. The molecule has 0 saturated heterocycles. The number of anilines is 1. The minimum absolute atomic E-state index is 0.0676. The van der Waals surface area contributed by atoms with Gasteiger partial charge in [0.25, 0.3) is 0 Å². The Bertz CT molecular complexity index is 497. The van der Waals surface area contributed by atoms with Gasteiger partial charge in [0.2, 0.25) is 5.91 Å². The smallest absolute Gasteiger partial charge is 0.227 e. The fourth-order valence-electron chi connectivity index (χ4n) is 2.08. The van der Waals surface area contributed by atoms with Gasteiger partial charge in [0.15, 0.2) is 5.78 Å². The summed E-state index contributed by atoms with van der Waals surface area (Å²) in [5, 5.41) is 5.90. The van der Waals surface area contributed by atoms with Crippen molar-refractivity contribution in [3.63, 3.8) is 0 Å². The van der Waals surface area contributed by atoms with Gasteiger partial charge < -0.3 is 16.4 Å². The Morgan fingerprint density at radius 1 is 1.14 bits per heavy atom. The molecule has 0 bridgehead atoms. The van der Waals surface area contributed by atoms with Crippen LogP contribution in [0.2, 0.25) is 0 Å². The Hall–Kier alpha value is -1.72. The number of amides is 1. The average molecular weight is 305 g/mol. The van der Waals surface area contributed by atoms with Crippen LogP contribution in [-0.4, -0.2) is 24.8 Å². The van der Waals surface area contributed by atoms with Crippen molar-refractivity contribution in [3.05, 3.63) is 29.8 Å². The lowest BCUT2D eigenvalue weighted by atomic mass is 9.93. The Morgan fingerprint density at radius 3 is 2.23 bits per heavy atom. The number of carbonyl (C=O) groups is 2. The van der Waals surface area contributed by atoms with Gasteiger partial charge in [-0.15, -0.1) is 0 Å². The second-order valence-corrected chi connectivity index (χ2v) is 6.06. The molecule has 4 N–H and O–H groups in total. The second-order valence-electron chi connectivity index (χ2n) is 6.06. The minimum atomic E-state index is -0.504. The number of nitrogens with one attached hydrogen (secondary N) is 2. The predicted octanol–water partition coefficient (Wildman–Crippen LogP) is 1.92. The molecule has 1 unspecified atom stereocenters. The first-order chi connectivity index (χ1) is 10.3. The molecule has 0 fully saturated rings. The fraction of sp³-hybridized carbons (Fsp3) is 0.529. The Morgan fingerprint density at radius 2 is 1.73 bits per heavy atom. The largest absolute Gasteiger partial charge is 0.326 e. The normalized spacial score (nSPS) is 13.7. The maximum Gasteiger partial charge on any atom is 0.227 e. The van der Waals surface area contributed by atoms with E-state index in [9.17, 15) is 9.59 Å². The molecule has 0 aromatic heterocycles. The molecule has 5 nitrogen and oxygen atoms in total. The number of ketones is 1. The quantitative estimate of drug-likeness (QED) is 0.685. The summed E-state index contributed by atoms with van der Waals surface area (Å²) in [6.07, 6.45) is 0.170. The molecule has 0 aliphatic carbocycles. The Labute approximate surface area is 132 Å². The molecular formula is C17H27N3O2. The highest BCUT2D eigenvalue weighted by molar-refractivity contribution is 5.96. The van der Waals surface area contributed by atoms with Crippen LogP contribution in [0.25, 0.3) is 0 Å². The maximum atomic E-state index is 12.1. The van der Waals surface area contributed by atoms with Crippen LogP contribution < -0.4 is 16.4 Å². The van der Waals surface area contributed by atoms with Crippen LogP contribution in [0.15, 0.2) is 24.3 Å². The summed E-state index contributed by atoms with van der Waals surface area (Å²) in [4.78, 5) is 24.1. The van der Waals surface area contributed by atoms with Crippen LogP contribution in [0, 0.1) is 11.8 Å².